The maximum absolute atomic E-state index is 3.66. The first-order valence-corrected chi connectivity index (χ1v) is 7.82. The Hall–Kier alpha value is -1.80. The van der Waals surface area contributed by atoms with Gasteiger partial charge in [0.1, 0.15) is 0 Å². The highest BCUT2D eigenvalue weighted by Gasteiger charge is 2.20. The molecule has 0 bridgehead atoms. The first-order chi connectivity index (χ1) is 10.2. The number of hydrogen-bond donors (Lipinski definition) is 1. The van der Waals surface area contributed by atoms with E-state index in [4.69, 9.17) is 0 Å². The van der Waals surface area contributed by atoms with E-state index in [9.17, 15) is 0 Å². The number of nitrogens with one attached hydrogen (secondary N) is 1. The minimum absolute atomic E-state index is 0.529. The van der Waals surface area contributed by atoms with Crippen LogP contribution in [0.15, 0.2) is 48.5 Å². The third-order valence-corrected chi connectivity index (χ3v) is 4.29. The van der Waals surface area contributed by atoms with E-state index in [1.54, 1.807) is 0 Å². The molecule has 2 aromatic rings. The summed E-state index contributed by atoms with van der Waals surface area (Å²) in [5, 5.41) is 3.66. The van der Waals surface area contributed by atoms with E-state index in [0.717, 1.165) is 26.1 Å². The largest absolute Gasteiger partial charge is 0.368 e. The standard InChI is InChI=1S/C19H24N2/c1-15-8-9-16(2)19(12-15)21-11-10-20-18(14-21)13-17-6-4-3-5-7-17/h3-9,12,18,20H,10-11,13-14H2,1-2H3. The van der Waals surface area contributed by atoms with E-state index in [1.807, 2.05) is 0 Å². The number of anilines is 1. The normalized spacial score (nSPS) is 18.8. The van der Waals surface area contributed by atoms with Crippen molar-refractivity contribution in [3.05, 3.63) is 65.2 Å². The van der Waals surface area contributed by atoms with E-state index in [-0.39, 0.29) is 0 Å². The second-order valence-corrected chi connectivity index (χ2v) is 6.08. The highest BCUT2D eigenvalue weighted by Crippen LogP contribution is 2.23. The van der Waals surface area contributed by atoms with Crippen molar-refractivity contribution in [1.82, 2.24) is 5.32 Å². The van der Waals surface area contributed by atoms with Crippen LogP contribution in [0.25, 0.3) is 0 Å². The van der Waals surface area contributed by atoms with E-state index >= 15 is 0 Å². The van der Waals surface area contributed by atoms with E-state index < -0.39 is 0 Å². The zero-order valence-electron chi connectivity index (χ0n) is 13.0. The lowest BCUT2D eigenvalue weighted by Crippen LogP contribution is -2.51. The molecule has 2 aromatic carbocycles. The maximum atomic E-state index is 3.66. The minimum atomic E-state index is 0.529. The van der Waals surface area contributed by atoms with E-state index in [0.29, 0.717) is 6.04 Å². The van der Waals surface area contributed by atoms with Crippen LogP contribution in [0.5, 0.6) is 0 Å². The van der Waals surface area contributed by atoms with Crippen LogP contribution in [0.4, 0.5) is 5.69 Å². The molecule has 21 heavy (non-hydrogen) atoms. The molecule has 1 N–H and O–H groups in total. The fraction of sp³-hybridized carbons (Fsp3) is 0.368. The summed E-state index contributed by atoms with van der Waals surface area (Å²) in [6, 6.07) is 18.1. The Labute approximate surface area is 127 Å². The molecule has 0 amide bonds. The van der Waals surface area contributed by atoms with Gasteiger partial charge in [-0.3, -0.25) is 0 Å². The lowest BCUT2D eigenvalue weighted by Gasteiger charge is -2.36. The maximum Gasteiger partial charge on any atom is 0.0399 e. The lowest BCUT2D eigenvalue weighted by molar-refractivity contribution is 0.454. The summed E-state index contributed by atoms with van der Waals surface area (Å²) in [7, 11) is 0. The highest BCUT2D eigenvalue weighted by molar-refractivity contribution is 5.55. The second kappa shape index (κ2) is 6.31. The lowest BCUT2D eigenvalue weighted by atomic mass is 10.0. The van der Waals surface area contributed by atoms with Crippen molar-refractivity contribution in [3.8, 4) is 0 Å². The predicted octanol–water partition coefficient (Wildman–Crippen LogP) is 3.32. The second-order valence-electron chi connectivity index (χ2n) is 6.08. The summed E-state index contributed by atoms with van der Waals surface area (Å²) < 4.78 is 0. The first kappa shape index (κ1) is 14.2. The molecule has 1 heterocycles. The van der Waals surface area contributed by atoms with Crippen LogP contribution in [0.3, 0.4) is 0 Å². The van der Waals surface area contributed by atoms with Gasteiger partial charge in [-0.15, -0.1) is 0 Å². The summed E-state index contributed by atoms with van der Waals surface area (Å²) in [5.74, 6) is 0. The molecule has 1 fully saturated rings. The molecule has 0 saturated carbocycles. The minimum Gasteiger partial charge on any atom is -0.368 e. The Balaban J connectivity index is 1.72. The van der Waals surface area contributed by atoms with Gasteiger partial charge in [0, 0.05) is 31.4 Å². The summed E-state index contributed by atoms with van der Waals surface area (Å²) in [4.78, 5) is 2.53. The number of piperazine rings is 1. The molecule has 0 aromatic heterocycles. The van der Waals surface area contributed by atoms with Crippen molar-refractivity contribution in [2.24, 2.45) is 0 Å². The zero-order valence-corrected chi connectivity index (χ0v) is 13.0. The molecule has 1 saturated heterocycles. The quantitative estimate of drug-likeness (QED) is 0.928. The number of benzene rings is 2. The van der Waals surface area contributed by atoms with Crippen LogP contribution in [0.2, 0.25) is 0 Å². The van der Waals surface area contributed by atoms with E-state index in [1.165, 1.54) is 22.4 Å². The SMILES string of the molecule is Cc1ccc(C)c(N2CCNC(Cc3ccccc3)C2)c1. The van der Waals surface area contributed by atoms with Crippen molar-refractivity contribution in [2.75, 3.05) is 24.5 Å². The monoisotopic (exact) mass is 280 g/mol. The van der Waals surface area contributed by atoms with Crippen LogP contribution in [-0.2, 0) is 6.42 Å². The number of aryl methyl sites for hydroxylation is 2. The molecule has 3 rings (SSSR count). The molecule has 0 radical (unpaired) electrons. The molecule has 1 aliphatic rings. The van der Waals surface area contributed by atoms with Crippen molar-refractivity contribution in [3.63, 3.8) is 0 Å². The molecule has 110 valence electrons. The van der Waals surface area contributed by atoms with Gasteiger partial charge in [0.25, 0.3) is 0 Å². The van der Waals surface area contributed by atoms with Gasteiger partial charge in [0.15, 0.2) is 0 Å². The van der Waals surface area contributed by atoms with Crippen molar-refractivity contribution < 1.29 is 0 Å². The molecule has 2 nitrogen and oxygen atoms in total. The summed E-state index contributed by atoms with van der Waals surface area (Å²) in [6.07, 6.45) is 1.10. The van der Waals surface area contributed by atoms with Gasteiger partial charge < -0.3 is 10.2 Å². The van der Waals surface area contributed by atoms with Gasteiger partial charge in [-0.1, -0.05) is 42.5 Å². The van der Waals surface area contributed by atoms with Crippen LogP contribution in [0, 0.1) is 13.8 Å². The number of hydrogen-bond acceptors (Lipinski definition) is 2. The van der Waals surface area contributed by atoms with Crippen molar-refractivity contribution >= 4 is 5.69 Å². The van der Waals surface area contributed by atoms with Crippen LogP contribution in [0.1, 0.15) is 16.7 Å². The average molecular weight is 280 g/mol. The van der Waals surface area contributed by atoms with E-state index in [2.05, 4.69) is 72.6 Å². The smallest absolute Gasteiger partial charge is 0.0399 e. The number of nitrogens with zero attached hydrogens (tertiary/aromatic N) is 1. The Kier molecular flexibility index (Phi) is 4.26. The van der Waals surface area contributed by atoms with Gasteiger partial charge in [-0.2, -0.15) is 0 Å². The molecule has 1 unspecified atom stereocenters. The van der Waals surface area contributed by atoms with Gasteiger partial charge in [0.2, 0.25) is 0 Å². The Morgan fingerprint density at radius 2 is 1.90 bits per heavy atom. The fourth-order valence-corrected chi connectivity index (χ4v) is 3.14. The van der Waals surface area contributed by atoms with Crippen LogP contribution in [-0.4, -0.2) is 25.7 Å². The topological polar surface area (TPSA) is 15.3 Å². The Morgan fingerprint density at radius 1 is 1.10 bits per heavy atom. The average Bonchev–Trinajstić information content (AvgIpc) is 2.51. The van der Waals surface area contributed by atoms with Crippen molar-refractivity contribution in [1.29, 1.82) is 0 Å². The fourth-order valence-electron chi connectivity index (χ4n) is 3.14. The molecular weight excluding hydrogens is 256 g/mol. The van der Waals surface area contributed by atoms with Gasteiger partial charge in [0.05, 0.1) is 0 Å². The summed E-state index contributed by atoms with van der Waals surface area (Å²) in [5.41, 5.74) is 5.53. The predicted molar refractivity (Wildman–Crippen MR) is 90.1 cm³/mol. The molecule has 1 atom stereocenters. The molecular formula is C19H24N2. The third kappa shape index (κ3) is 3.45. The molecule has 1 aliphatic heterocycles. The van der Waals surface area contributed by atoms with Crippen molar-refractivity contribution in [2.45, 2.75) is 26.3 Å². The van der Waals surface area contributed by atoms with Gasteiger partial charge in [-0.05, 0) is 43.0 Å². The van der Waals surface area contributed by atoms with Crippen LogP contribution >= 0.6 is 0 Å². The summed E-state index contributed by atoms with van der Waals surface area (Å²) in [6.45, 7) is 7.62. The molecule has 0 spiro atoms. The third-order valence-electron chi connectivity index (χ3n) is 4.29. The molecule has 2 heteroatoms. The Bertz CT molecular complexity index is 592. The zero-order chi connectivity index (χ0) is 14.7. The van der Waals surface area contributed by atoms with Gasteiger partial charge in [-0.25, -0.2) is 0 Å². The first-order valence-electron chi connectivity index (χ1n) is 7.82. The Morgan fingerprint density at radius 3 is 2.71 bits per heavy atom. The van der Waals surface area contributed by atoms with Gasteiger partial charge >= 0.3 is 0 Å². The number of rotatable bonds is 3. The highest BCUT2D eigenvalue weighted by atomic mass is 15.2. The molecule has 0 aliphatic carbocycles. The summed E-state index contributed by atoms with van der Waals surface area (Å²) >= 11 is 0. The van der Waals surface area contributed by atoms with Crippen LogP contribution < -0.4 is 10.2 Å².